The van der Waals surface area contributed by atoms with Gasteiger partial charge in [-0.2, -0.15) is 0 Å². The van der Waals surface area contributed by atoms with Gasteiger partial charge >= 0.3 is 5.97 Å². The van der Waals surface area contributed by atoms with E-state index in [9.17, 15) is 9.59 Å². The Morgan fingerprint density at radius 2 is 1.62 bits per heavy atom. The molecular formula is C26H22N2O4. The molecule has 0 radical (unpaired) electrons. The number of hydrogen-bond acceptors (Lipinski definition) is 5. The van der Waals surface area contributed by atoms with Gasteiger partial charge in [0.15, 0.2) is 0 Å². The number of ether oxygens (including phenoxy) is 2. The van der Waals surface area contributed by atoms with Gasteiger partial charge < -0.3 is 14.8 Å². The molecular weight excluding hydrogens is 404 g/mol. The van der Waals surface area contributed by atoms with Gasteiger partial charge in [0.05, 0.1) is 41.7 Å². The van der Waals surface area contributed by atoms with E-state index in [-0.39, 0.29) is 12.5 Å². The van der Waals surface area contributed by atoms with Gasteiger partial charge in [0.25, 0.3) is 5.91 Å². The number of esters is 1. The molecule has 32 heavy (non-hydrogen) atoms. The van der Waals surface area contributed by atoms with Crippen molar-refractivity contribution in [3.63, 3.8) is 0 Å². The smallest absolute Gasteiger partial charge is 0.340 e. The zero-order valence-corrected chi connectivity index (χ0v) is 17.8. The molecule has 0 aliphatic carbocycles. The quantitative estimate of drug-likeness (QED) is 0.421. The maximum atomic E-state index is 13.3. The maximum absolute atomic E-state index is 13.3. The fourth-order valence-corrected chi connectivity index (χ4v) is 3.44. The van der Waals surface area contributed by atoms with Gasteiger partial charge in [-0.15, -0.1) is 0 Å². The molecule has 6 heteroatoms. The van der Waals surface area contributed by atoms with E-state index >= 15 is 0 Å². The lowest BCUT2D eigenvalue weighted by atomic mass is 10.0. The molecule has 3 aromatic carbocycles. The normalized spacial score (nSPS) is 10.6. The van der Waals surface area contributed by atoms with E-state index in [2.05, 4.69) is 5.32 Å². The Hall–Kier alpha value is -4.19. The molecule has 0 atom stereocenters. The number of benzene rings is 3. The van der Waals surface area contributed by atoms with Crippen molar-refractivity contribution in [3.8, 4) is 17.0 Å². The van der Waals surface area contributed by atoms with E-state index < -0.39 is 5.97 Å². The maximum Gasteiger partial charge on any atom is 0.340 e. The van der Waals surface area contributed by atoms with E-state index in [0.717, 1.165) is 16.7 Å². The monoisotopic (exact) mass is 426 g/mol. The van der Waals surface area contributed by atoms with E-state index in [0.29, 0.717) is 28.0 Å². The van der Waals surface area contributed by atoms with Crippen LogP contribution in [-0.2, 0) is 4.74 Å². The van der Waals surface area contributed by atoms with Gasteiger partial charge in [0.2, 0.25) is 0 Å². The van der Waals surface area contributed by atoms with Crippen molar-refractivity contribution in [3.05, 3.63) is 90.0 Å². The van der Waals surface area contributed by atoms with E-state index in [1.807, 2.05) is 48.5 Å². The first kappa shape index (κ1) is 21.1. The fourth-order valence-electron chi connectivity index (χ4n) is 3.44. The summed E-state index contributed by atoms with van der Waals surface area (Å²) in [5.74, 6) is -0.0832. The lowest BCUT2D eigenvalue weighted by molar-refractivity contribution is 0.0527. The molecule has 0 aliphatic rings. The van der Waals surface area contributed by atoms with Crippen molar-refractivity contribution in [1.82, 2.24) is 4.98 Å². The number of aromatic nitrogens is 1. The van der Waals surface area contributed by atoms with Crippen LogP contribution in [0.5, 0.6) is 5.75 Å². The number of anilines is 1. The van der Waals surface area contributed by atoms with Crippen LogP contribution in [0.1, 0.15) is 27.6 Å². The molecule has 0 spiro atoms. The number of para-hydroxylation sites is 2. The Kier molecular flexibility index (Phi) is 6.12. The van der Waals surface area contributed by atoms with Gasteiger partial charge in [-0.3, -0.25) is 4.79 Å². The van der Waals surface area contributed by atoms with Gasteiger partial charge in [-0.25, -0.2) is 9.78 Å². The second kappa shape index (κ2) is 9.31. The van der Waals surface area contributed by atoms with Crippen LogP contribution in [0.25, 0.3) is 22.2 Å². The van der Waals surface area contributed by atoms with Gasteiger partial charge in [-0.1, -0.05) is 30.3 Å². The van der Waals surface area contributed by atoms with E-state index in [1.165, 1.54) is 0 Å². The van der Waals surface area contributed by atoms with E-state index in [1.54, 1.807) is 44.4 Å². The summed E-state index contributed by atoms with van der Waals surface area (Å²) in [5.41, 5.74) is 3.37. The molecule has 0 saturated heterocycles. The zero-order valence-electron chi connectivity index (χ0n) is 17.8. The van der Waals surface area contributed by atoms with Gasteiger partial charge in [0, 0.05) is 10.9 Å². The molecule has 0 aliphatic heterocycles. The number of amides is 1. The Morgan fingerprint density at radius 1 is 0.906 bits per heavy atom. The molecule has 4 aromatic rings. The van der Waals surface area contributed by atoms with Crippen LogP contribution in [-0.4, -0.2) is 30.6 Å². The lowest BCUT2D eigenvalue weighted by Gasteiger charge is -2.13. The largest absolute Gasteiger partial charge is 0.497 e. The molecule has 6 nitrogen and oxygen atoms in total. The van der Waals surface area contributed by atoms with Gasteiger partial charge in [0.1, 0.15) is 5.75 Å². The SMILES string of the molecule is CCOC(=O)c1ccccc1NC(=O)c1cc(-c2ccc(OC)cc2)nc2ccccc12. The van der Waals surface area contributed by atoms with Crippen molar-refractivity contribution >= 4 is 28.5 Å². The topological polar surface area (TPSA) is 77.5 Å². The minimum Gasteiger partial charge on any atom is -0.497 e. The highest BCUT2D eigenvalue weighted by Crippen LogP contribution is 2.27. The minimum absolute atomic E-state index is 0.251. The van der Waals surface area contributed by atoms with Crippen molar-refractivity contribution in [2.75, 3.05) is 19.0 Å². The summed E-state index contributed by atoms with van der Waals surface area (Å²) in [6.45, 7) is 1.99. The second-order valence-electron chi connectivity index (χ2n) is 7.02. The molecule has 1 amide bonds. The van der Waals surface area contributed by atoms with Crippen molar-refractivity contribution < 1.29 is 19.1 Å². The number of pyridine rings is 1. The lowest BCUT2D eigenvalue weighted by Crippen LogP contribution is -2.16. The number of carbonyl (C=O) groups is 2. The first-order valence-electron chi connectivity index (χ1n) is 10.2. The molecule has 1 heterocycles. The summed E-state index contributed by atoms with van der Waals surface area (Å²) in [4.78, 5) is 30.4. The average molecular weight is 426 g/mol. The standard InChI is InChI=1S/C26H22N2O4/c1-3-32-26(30)20-9-5-7-11-23(20)28-25(29)21-16-24(17-12-14-18(31-2)15-13-17)27-22-10-6-4-8-19(21)22/h4-16H,3H2,1-2H3,(H,28,29). The van der Waals surface area contributed by atoms with Crippen LogP contribution < -0.4 is 10.1 Å². The first-order chi connectivity index (χ1) is 15.6. The second-order valence-corrected chi connectivity index (χ2v) is 7.02. The van der Waals surface area contributed by atoms with Crippen molar-refractivity contribution in [2.24, 2.45) is 0 Å². The summed E-state index contributed by atoms with van der Waals surface area (Å²) in [5, 5.41) is 3.59. The third-order valence-corrected chi connectivity index (χ3v) is 5.02. The molecule has 1 N–H and O–H groups in total. The van der Waals surface area contributed by atoms with Crippen LogP contribution in [0.2, 0.25) is 0 Å². The molecule has 0 saturated carbocycles. The summed E-state index contributed by atoms with van der Waals surface area (Å²) >= 11 is 0. The third-order valence-electron chi connectivity index (χ3n) is 5.02. The van der Waals surface area contributed by atoms with Crippen LogP contribution in [0.3, 0.4) is 0 Å². The van der Waals surface area contributed by atoms with Crippen molar-refractivity contribution in [2.45, 2.75) is 6.92 Å². The fraction of sp³-hybridized carbons (Fsp3) is 0.115. The number of hydrogen-bond donors (Lipinski definition) is 1. The minimum atomic E-state index is -0.484. The Balaban J connectivity index is 1.75. The first-order valence-corrected chi connectivity index (χ1v) is 10.2. The predicted octanol–water partition coefficient (Wildman–Crippen LogP) is 5.34. The van der Waals surface area contributed by atoms with Crippen molar-refractivity contribution in [1.29, 1.82) is 0 Å². The molecule has 0 unspecified atom stereocenters. The van der Waals surface area contributed by atoms with Crippen LogP contribution in [0.4, 0.5) is 5.69 Å². The molecule has 160 valence electrons. The van der Waals surface area contributed by atoms with Crippen LogP contribution in [0.15, 0.2) is 78.9 Å². The highest BCUT2D eigenvalue weighted by Gasteiger charge is 2.18. The number of methoxy groups -OCH3 is 1. The number of nitrogens with one attached hydrogen (secondary N) is 1. The van der Waals surface area contributed by atoms with E-state index in [4.69, 9.17) is 14.5 Å². The Labute approximate surface area is 185 Å². The molecule has 0 fully saturated rings. The summed E-state index contributed by atoms with van der Waals surface area (Å²) in [6.07, 6.45) is 0. The summed E-state index contributed by atoms with van der Waals surface area (Å²) in [7, 11) is 1.61. The Morgan fingerprint density at radius 3 is 2.38 bits per heavy atom. The van der Waals surface area contributed by atoms with Gasteiger partial charge in [-0.05, 0) is 55.5 Å². The Bertz CT molecular complexity index is 1280. The third kappa shape index (κ3) is 4.30. The number of nitrogens with zero attached hydrogens (tertiary/aromatic N) is 1. The summed E-state index contributed by atoms with van der Waals surface area (Å²) < 4.78 is 10.3. The molecule has 4 rings (SSSR count). The van der Waals surface area contributed by atoms with Crippen LogP contribution >= 0.6 is 0 Å². The number of fused-ring (bicyclic) bond motifs is 1. The average Bonchev–Trinajstić information content (AvgIpc) is 2.83. The molecule has 0 bridgehead atoms. The zero-order chi connectivity index (χ0) is 22.5. The number of rotatable bonds is 6. The summed E-state index contributed by atoms with van der Waals surface area (Å²) in [6, 6.07) is 23.5. The highest BCUT2D eigenvalue weighted by molar-refractivity contribution is 6.14. The van der Waals surface area contributed by atoms with Crippen LogP contribution in [0, 0.1) is 0 Å². The predicted molar refractivity (Wildman–Crippen MR) is 124 cm³/mol. The molecule has 1 aromatic heterocycles. The number of carbonyl (C=O) groups excluding carboxylic acids is 2. The highest BCUT2D eigenvalue weighted by atomic mass is 16.5.